The second-order valence-electron chi connectivity index (χ2n) is 4.67. The lowest BCUT2D eigenvalue weighted by atomic mass is 10.2. The molecule has 17 heavy (non-hydrogen) atoms. The van der Waals surface area contributed by atoms with Gasteiger partial charge in [0.25, 0.3) is 0 Å². The number of nitrogens with zero attached hydrogens (tertiary/aromatic N) is 1. The zero-order valence-corrected chi connectivity index (χ0v) is 10.1. The summed E-state index contributed by atoms with van der Waals surface area (Å²) in [4.78, 5) is 11.3. The lowest BCUT2D eigenvalue weighted by Gasteiger charge is -2.22. The SMILES string of the molecule is CC(C)(C)OC(=O)N(F)Cc1cccc(O)c1. The lowest BCUT2D eigenvalue weighted by molar-refractivity contribution is -0.0350. The van der Waals surface area contributed by atoms with Crippen molar-refractivity contribution in [3.05, 3.63) is 29.8 Å². The maximum absolute atomic E-state index is 13.4. The third-order valence-electron chi connectivity index (χ3n) is 1.82. The number of phenols is 1. The van der Waals surface area contributed by atoms with E-state index in [9.17, 15) is 14.4 Å². The first-order valence-corrected chi connectivity index (χ1v) is 5.22. The summed E-state index contributed by atoms with van der Waals surface area (Å²) in [5.74, 6) is 0.0279. The minimum absolute atomic E-state index is 0.0278. The quantitative estimate of drug-likeness (QED) is 0.810. The molecule has 5 heteroatoms. The van der Waals surface area contributed by atoms with Crippen molar-refractivity contribution in [1.29, 1.82) is 0 Å². The van der Waals surface area contributed by atoms with Gasteiger partial charge >= 0.3 is 6.09 Å². The molecule has 0 radical (unpaired) electrons. The molecule has 1 amide bonds. The first-order chi connectivity index (χ1) is 7.78. The fourth-order valence-corrected chi connectivity index (χ4v) is 1.19. The van der Waals surface area contributed by atoms with Crippen LogP contribution in [0.15, 0.2) is 24.3 Å². The highest BCUT2D eigenvalue weighted by atomic mass is 19.2. The predicted octanol–water partition coefficient (Wildman–Crippen LogP) is 3.01. The molecule has 4 nitrogen and oxygen atoms in total. The number of carbonyl (C=O) groups is 1. The van der Waals surface area contributed by atoms with E-state index >= 15 is 0 Å². The molecular formula is C12H16FNO3. The van der Waals surface area contributed by atoms with Crippen LogP contribution in [0, 0.1) is 0 Å². The molecule has 0 spiro atoms. The van der Waals surface area contributed by atoms with Gasteiger partial charge in [-0.1, -0.05) is 16.6 Å². The summed E-state index contributed by atoms with van der Waals surface area (Å²) in [5.41, 5.74) is -0.251. The number of amides is 1. The molecule has 94 valence electrons. The average molecular weight is 241 g/mol. The van der Waals surface area contributed by atoms with Crippen LogP contribution in [0.4, 0.5) is 9.28 Å². The second-order valence-corrected chi connectivity index (χ2v) is 4.67. The molecule has 0 aliphatic carbocycles. The fraction of sp³-hybridized carbons (Fsp3) is 0.417. The predicted molar refractivity (Wildman–Crippen MR) is 61.0 cm³/mol. The van der Waals surface area contributed by atoms with Crippen molar-refractivity contribution >= 4 is 6.09 Å². The van der Waals surface area contributed by atoms with Crippen LogP contribution < -0.4 is 0 Å². The number of carbonyl (C=O) groups excluding carboxylic acids is 1. The molecule has 0 atom stereocenters. The summed E-state index contributed by atoms with van der Waals surface area (Å²) in [6.07, 6.45) is -1.04. The Morgan fingerprint density at radius 1 is 1.47 bits per heavy atom. The summed E-state index contributed by atoms with van der Waals surface area (Å²) < 4.78 is 18.3. The fourth-order valence-electron chi connectivity index (χ4n) is 1.19. The number of benzene rings is 1. The van der Waals surface area contributed by atoms with Gasteiger partial charge < -0.3 is 9.84 Å². The summed E-state index contributed by atoms with van der Waals surface area (Å²) >= 11 is 0. The summed E-state index contributed by atoms with van der Waals surface area (Å²) in [6, 6.07) is 6.04. The first-order valence-electron chi connectivity index (χ1n) is 5.22. The van der Waals surface area contributed by atoms with Crippen molar-refractivity contribution in [3.8, 4) is 5.75 Å². The molecule has 1 N–H and O–H groups in total. The molecule has 1 aromatic carbocycles. The van der Waals surface area contributed by atoms with Crippen LogP contribution in [0.2, 0.25) is 0 Å². The van der Waals surface area contributed by atoms with Crippen LogP contribution in [-0.4, -0.2) is 21.9 Å². The van der Waals surface area contributed by atoms with Gasteiger partial charge in [-0.3, -0.25) is 0 Å². The van der Waals surface area contributed by atoms with Crippen molar-refractivity contribution in [2.45, 2.75) is 32.9 Å². The minimum atomic E-state index is -1.04. The van der Waals surface area contributed by atoms with E-state index in [0.29, 0.717) is 5.56 Å². The van der Waals surface area contributed by atoms with Crippen molar-refractivity contribution in [2.75, 3.05) is 0 Å². The van der Waals surface area contributed by atoms with Crippen LogP contribution in [0.5, 0.6) is 5.75 Å². The Morgan fingerprint density at radius 2 is 2.12 bits per heavy atom. The number of ether oxygens (including phenoxy) is 1. The van der Waals surface area contributed by atoms with E-state index in [0.717, 1.165) is 0 Å². The van der Waals surface area contributed by atoms with Crippen LogP contribution in [0.25, 0.3) is 0 Å². The zero-order chi connectivity index (χ0) is 13.1. The monoisotopic (exact) mass is 241 g/mol. The summed E-state index contributed by atoms with van der Waals surface area (Å²) in [5, 5.41) is 9.17. The second kappa shape index (κ2) is 5.03. The molecule has 1 rings (SSSR count). The van der Waals surface area contributed by atoms with Crippen molar-refractivity contribution in [3.63, 3.8) is 0 Å². The Hall–Kier alpha value is -1.78. The van der Waals surface area contributed by atoms with E-state index in [2.05, 4.69) is 0 Å². The lowest BCUT2D eigenvalue weighted by Crippen LogP contribution is -2.31. The molecule has 0 aliphatic heterocycles. The number of hydrogen-bond donors (Lipinski definition) is 1. The number of phenolic OH excluding ortho intramolecular Hbond substituents is 1. The van der Waals surface area contributed by atoms with E-state index in [-0.39, 0.29) is 17.4 Å². The van der Waals surface area contributed by atoms with Gasteiger partial charge in [-0.2, -0.15) is 0 Å². The van der Waals surface area contributed by atoms with Crippen LogP contribution in [0.3, 0.4) is 0 Å². The van der Waals surface area contributed by atoms with E-state index < -0.39 is 11.7 Å². The number of aromatic hydroxyl groups is 1. The van der Waals surface area contributed by atoms with Crippen LogP contribution >= 0.6 is 0 Å². The third-order valence-corrected chi connectivity index (χ3v) is 1.82. The van der Waals surface area contributed by atoms with E-state index in [1.54, 1.807) is 32.9 Å². The molecule has 0 bridgehead atoms. The van der Waals surface area contributed by atoms with Gasteiger partial charge in [0.15, 0.2) is 0 Å². The summed E-state index contributed by atoms with van der Waals surface area (Å²) in [6.45, 7) is 4.72. The molecule has 0 aromatic heterocycles. The number of halogens is 1. The molecule has 0 heterocycles. The topological polar surface area (TPSA) is 49.8 Å². The molecule has 1 aromatic rings. The minimum Gasteiger partial charge on any atom is -0.508 e. The third kappa shape index (κ3) is 4.72. The normalized spacial score (nSPS) is 11.1. The van der Waals surface area contributed by atoms with E-state index in [4.69, 9.17) is 4.74 Å². The Kier molecular flexibility index (Phi) is 3.93. The molecular weight excluding hydrogens is 225 g/mol. The highest BCUT2D eigenvalue weighted by Crippen LogP contribution is 2.15. The van der Waals surface area contributed by atoms with Crippen molar-refractivity contribution in [1.82, 2.24) is 5.12 Å². The van der Waals surface area contributed by atoms with Crippen LogP contribution in [0.1, 0.15) is 26.3 Å². The Balaban J connectivity index is 2.60. The highest BCUT2D eigenvalue weighted by molar-refractivity contribution is 5.66. The van der Waals surface area contributed by atoms with Gasteiger partial charge in [0.1, 0.15) is 11.4 Å². The van der Waals surface area contributed by atoms with Gasteiger partial charge in [0.05, 0.1) is 6.54 Å². The van der Waals surface area contributed by atoms with E-state index in [1.165, 1.54) is 12.1 Å². The molecule has 0 unspecified atom stereocenters. The average Bonchev–Trinajstić information content (AvgIpc) is 2.14. The van der Waals surface area contributed by atoms with Crippen LogP contribution in [-0.2, 0) is 11.3 Å². The Labute approximate surface area is 99.6 Å². The maximum atomic E-state index is 13.4. The Bertz CT molecular complexity index is 401. The van der Waals surface area contributed by atoms with Crippen molar-refractivity contribution < 1.29 is 19.1 Å². The maximum Gasteiger partial charge on any atom is 0.438 e. The smallest absolute Gasteiger partial charge is 0.438 e. The van der Waals surface area contributed by atoms with Gasteiger partial charge in [-0.15, -0.1) is 5.12 Å². The first kappa shape index (κ1) is 13.3. The zero-order valence-electron chi connectivity index (χ0n) is 10.1. The highest BCUT2D eigenvalue weighted by Gasteiger charge is 2.22. The Morgan fingerprint density at radius 3 is 2.65 bits per heavy atom. The molecule has 0 fully saturated rings. The van der Waals surface area contributed by atoms with Gasteiger partial charge in [-0.25, -0.2) is 4.79 Å². The van der Waals surface area contributed by atoms with Gasteiger partial charge in [0.2, 0.25) is 0 Å². The molecule has 0 saturated carbocycles. The van der Waals surface area contributed by atoms with Gasteiger partial charge in [0, 0.05) is 0 Å². The largest absolute Gasteiger partial charge is 0.508 e. The van der Waals surface area contributed by atoms with Crippen molar-refractivity contribution in [2.24, 2.45) is 0 Å². The standard InChI is InChI=1S/C12H16FNO3/c1-12(2,3)17-11(16)14(13)8-9-5-4-6-10(15)7-9/h4-7,15H,8H2,1-3H3. The number of hydrogen-bond acceptors (Lipinski definition) is 3. The molecule has 0 aliphatic rings. The van der Waals surface area contributed by atoms with E-state index in [1.807, 2.05) is 0 Å². The van der Waals surface area contributed by atoms with Gasteiger partial charge in [-0.05, 0) is 38.5 Å². The summed E-state index contributed by atoms with van der Waals surface area (Å²) in [7, 11) is 0. The molecule has 0 saturated heterocycles. The number of rotatable bonds is 2.